The van der Waals surface area contributed by atoms with Gasteiger partial charge in [-0.3, -0.25) is 0 Å². The lowest BCUT2D eigenvalue weighted by molar-refractivity contribution is 0.195. The highest BCUT2D eigenvalue weighted by Crippen LogP contribution is 2.38. The van der Waals surface area contributed by atoms with Crippen molar-refractivity contribution in [2.24, 2.45) is 5.92 Å². The molecule has 1 aliphatic rings. The Morgan fingerprint density at radius 3 is 1.94 bits per heavy atom. The Hall–Kier alpha value is -2.04. The van der Waals surface area contributed by atoms with Gasteiger partial charge in [-0.15, -0.1) is 0 Å². The van der Waals surface area contributed by atoms with Crippen LogP contribution in [0.2, 0.25) is 0 Å². The Morgan fingerprint density at radius 2 is 1.39 bits per heavy atom. The zero-order chi connectivity index (χ0) is 21.9. The molecule has 2 aromatic rings. The van der Waals surface area contributed by atoms with Gasteiger partial charge in [0, 0.05) is 6.07 Å². The maximum Gasteiger partial charge on any atom is 0.123 e. The molecule has 0 bridgehead atoms. The lowest BCUT2D eigenvalue weighted by Gasteiger charge is -2.29. The first-order chi connectivity index (χ1) is 15.2. The smallest absolute Gasteiger partial charge is 0.123 e. The van der Waals surface area contributed by atoms with Crippen LogP contribution >= 0.6 is 0 Å². The SMILES string of the molecule is CCCCCC1CCC(c2ccc(-c3cc(OCCO)cc(OCCO)c3)cc2)CC1. The molecule has 0 atom stereocenters. The Labute approximate surface area is 187 Å². The second-order valence-corrected chi connectivity index (χ2v) is 8.67. The predicted molar refractivity (Wildman–Crippen MR) is 126 cm³/mol. The molecule has 1 fully saturated rings. The topological polar surface area (TPSA) is 58.9 Å². The van der Waals surface area contributed by atoms with Crippen molar-refractivity contribution < 1.29 is 19.7 Å². The monoisotopic (exact) mass is 426 g/mol. The van der Waals surface area contributed by atoms with Crippen LogP contribution in [0.4, 0.5) is 0 Å². The number of rotatable bonds is 12. The van der Waals surface area contributed by atoms with Crippen LogP contribution in [-0.4, -0.2) is 36.6 Å². The number of aliphatic hydroxyl groups excluding tert-OH is 2. The number of hydrogen-bond donors (Lipinski definition) is 2. The van der Waals surface area contributed by atoms with Crippen molar-refractivity contribution in [3.05, 3.63) is 48.0 Å². The van der Waals surface area contributed by atoms with Crippen molar-refractivity contribution in [3.8, 4) is 22.6 Å². The van der Waals surface area contributed by atoms with Gasteiger partial charge < -0.3 is 19.7 Å². The maximum atomic E-state index is 9.06. The molecule has 2 aromatic carbocycles. The number of benzene rings is 2. The molecule has 2 N–H and O–H groups in total. The summed E-state index contributed by atoms with van der Waals surface area (Å²) in [5.41, 5.74) is 3.56. The molecular weight excluding hydrogens is 388 g/mol. The van der Waals surface area contributed by atoms with Crippen molar-refractivity contribution in [2.45, 2.75) is 64.2 Å². The van der Waals surface area contributed by atoms with Gasteiger partial charge >= 0.3 is 0 Å². The minimum Gasteiger partial charge on any atom is -0.491 e. The van der Waals surface area contributed by atoms with E-state index in [9.17, 15) is 0 Å². The van der Waals surface area contributed by atoms with E-state index in [0.29, 0.717) is 17.4 Å². The molecule has 0 radical (unpaired) electrons. The summed E-state index contributed by atoms with van der Waals surface area (Å²) in [5.74, 6) is 2.93. The van der Waals surface area contributed by atoms with E-state index in [1.54, 1.807) is 6.07 Å². The van der Waals surface area contributed by atoms with Crippen LogP contribution in [0.5, 0.6) is 11.5 Å². The summed E-state index contributed by atoms with van der Waals surface area (Å²) in [6.45, 7) is 2.69. The second kappa shape index (κ2) is 12.7. The molecule has 0 amide bonds. The lowest BCUT2D eigenvalue weighted by Crippen LogP contribution is -2.13. The Bertz CT molecular complexity index is 737. The molecule has 1 aliphatic carbocycles. The minimum absolute atomic E-state index is 0.0351. The van der Waals surface area contributed by atoms with Crippen molar-refractivity contribution in [1.29, 1.82) is 0 Å². The van der Waals surface area contributed by atoms with Crippen LogP contribution in [-0.2, 0) is 0 Å². The summed E-state index contributed by atoms with van der Waals surface area (Å²) < 4.78 is 11.2. The van der Waals surface area contributed by atoms with Gasteiger partial charge in [0.15, 0.2) is 0 Å². The summed E-state index contributed by atoms with van der Waals surface area (Å²) in [5, 5.41) is 18.1. The Balaban J connectivity index is 1.65. The summed E-state index contributed by atoms with van der Waals surface area (Å²) >= 11 is 0. The molecule has 4 nitrogen and oxygen atoms in total. The fraction of sp³-hybridized carbons (Fsp3) is 0.556. The molecule has 170 valence electrons. The molecule has 0 saturated heterocycles. The van der Waals surface area contributed by atoms with Gasteiger partial charge in [-0.1, -0.05) is 56.9 Å². The van der Waals surface area contributed by atoms with Crippen LogP contribution in [0.15, 0.2) is 42.5 Å². The molecule has 31 heavy (non-hydrogen) atoms. The van der Waals surface area contributed by atoms with E-state index < -0.39 is 0 Å². The van der Waals surface area contributed by atoms with Gasteiger partial charge in [0.05, 0.1) is 13.2 Å². The normalized spacial score (nSPS) is 18.7. The van der Waals surface area contributed by atoms with E-state index in [1.807, 2.05) is 12.1 Å². The molecular formula is C27H38O4. The van der Waals surface area contributed by atoms with E-state index in [2.05, 4.69) is 31.2 Å². The molecule has 0 aliphatic heterocycles. The third kappa shape index (κ3) is 7.26. The summed E-state index contributed by atoms with van der Waals surface area (Å²) in [6.07, 6.45) is 10.8. The fourth-order valence-electron chi connectivity index (χ4n) is 4.65. The number of aliphatic hydroxyl groups is 2. The van der Waals surface area contributed by atoms with Crippen LogP contribution in [0, 0.1) is 5.92 Å². The van der Waals surface area contributed by atoms with E-state index >= 15 is 0 Å². The van der Waals surface area contributed by atoms with Crippen molar-refractivity contribution in [3.63, 3.8) is 0 Å². The third-order valence-corrected chi connectivity index (χ3v) is 6.38. The van der Waals surface area contributed by atoms with Crippen molar-refractivity contribution in [2.75, 3.05) is 26.4 Å². The molecule has 0 unspecified atom stereocenters. The number of ether oxygens (including phenoxy) is 2. The predicted octanol–water partition coefficient (Wildman–Crippen LogP) is 5.95. The maximum absolute atomic E-state index is 9.06. The molecule has 3 rings (SSSR count). The molecule has 0 spiro atoms. The zero-order valence-corrected chi connectivity index (χ0v) is 18.9. The Morgan fingerprint density at radius 1 is 0.774 bits per heavy atom. The van der Waals surface area contributed by atoms with Crippen molar-refractivity contribution in [1.82, 2.24) is 0 Å². The Kier molecular flexibility index (Phi) is 9.70. The highest BCUT2D eigenvalue weighted by Gasteiger charge is 2.22. The first kappa shape index (κ1) is 23.6. The first-order valence-electron chi connectivity index (χ1n) is 12.0. The number of unbranched alkanes of at least 4 members (excludes halogenated alkanes) is 2. The molecule has 0 heterocycles. The minimum atomic E-state index is -0.0351. The second-order valence-electron chi connectivity index (χ2n) is 8.67. The first-order valence-corrected chi connectivity index (χ1v) is 12.0. The van der Waals surface area contributed by atoms with E-state index in [1.165, 1.54) is 56.9 Å². The summed E-state index contributed by atoms with van der Waals surface area (Å²) in [6, 6.07) is 14.6. The van der Waals surface area contributed by atoms with Gasteiger partial charge in [-0.05, 0) is 66.3 Å². The average Bonchev–Trinajstić information content (AvgIpc) is 2.82. The third-order valence-electron chi connectivity index (χ3n) is 6.38. The molecule has 1 saturated carbocycles. The number of hydrogen-bond acceptors (Lipinski definition) is 4. The quantitative estimate of drug-likeness (QED) is 0.412. The van der Waals surface area contributed by atoms with Crippen LogP contribution in [0.3, 0.4) is 0 Å². The van der Waals surface area contributed by atoms with Gasteiger partial charge in [0.2, 0.25) is 0 Å². The zero-order valence-electron chi connectivity index (χ0n) is 18.9. The fourth-order valence-corrected chi connectivity index (χ4v) is 4.65. The van der Waals surface area contributed by atoms with E-state index in [-0.39, 0.29) is 26.4 Å². The highest BCUT2D eigenvalue weighted by atomic mass is 16.5. The van der Waals surface area contributed by atoms with Gasteiger partial charge in [0.1, 0.15) is 24.7 Å². The summed E-state index contributed by atoms with van der Waals surface area (Å²) in [4.78, 5) is 0. The standard InChI is InChI=1S/C27H38O4/c1-2-3-4-5-21-6-8-22(9-7-21)23-10-12-24(13-11-23)25-18-26(30-16-14-28)20-27(19-25)31-17-15-29/h10-13,18-22,28-29H,2-9,14-17H2,1H3. The van der Waals surface area contributed by atoms with Gasteiger partial charge in [0.25, 0.3) is 0 Å². The average molecular weight is 427 g/mol. The lowest BCUT2D eigenvalue weighted by atomic mass is 9.77. The molecule has 4 heteroatoms. The van der Waals surface area contributed by atoms with Crippen LogP contribution in [0.1, 0.15) is 69.8 Å². The molecule has 0 aromatic heterocycles. The van der Waals surface area contributed by atoms with E-state index in [4.69, 9.17) is 19.7 Å². The van der Waals surface area contributed by atoms with Crippen LogP contribution in [0.25, 0.3) is 11.1 Å². The van der Waals surface area contributed by atoms with E-state index in [0.717, 1.165) is 17.0 Å². The largest absolute Gasteiger partial charge is 0.491 e. The van der Waals surface area contributed by atoms with Crippen molar-refractivity contribution >= 4 is 0 Å². The highest BCUT2D eigenvalue weighted by molar-refractivity contribution is 5.67. The van der Waals surface area contributed by atoms with Crippen LogP contribution < -0.4 is 9.47 Å². The van der Waals surface area contributed by atoms with Gasteiger partial charge in [-0.2, -0.15) is 0 Å². The summed E-state index contributed by atoms with van der Waals surface area (Å²) in [7, 11) is 0. The van der Waals surface area contributed by atoms with Gasteiger partial charge in [-0.25, -0.2) is 0 Å².